The molecule has 0 fully saturated rings. The van der Waals surface area contributed by atoms with Crippen LogP contribution in [0.15, 0.2) is 10.8 Å². The minimum Gasteiger partial charge on any atom is -0.325 e. The van der Waals surface area contributed by atoms with Crippen LogP contribution in [0.1, 0.15) is 21.4 Å². The number of thiazole rings is 2. The van der Waals surface area contributed by atoms with E-state index in [1.54, 1.807) is 22.7 Å². The van der Waals surface area contributed by atoms with E-state index in [-0.39, 0.29) is 0 Å². The Morgan fingerprint density at radius 2 is 2.06 bits per heavy atom. The fourth-order valence-corrected chi connectivity index (χ4v) is 2.90. The van der Waals surface area contributed by atoms with Crippen molar-refractivity contribution in [2.24, 2.45) is 5.73 Å². The molecule has 0 unspecified atom stereocenters. The van der Waals surface area contributed by atoms with E-state index in [4.69, 9.17) is 5.73 Å². The predicted octanol–water partition coefficient (Wildman–Crippen LogP) is 1.70. The van der Waals surface area contributed by atoms with Gasteiger partial charge < -0.3 is 11.1 Å². The maximum absolute atomic E-state index is 5.52. The molecule has 0 amide bonds. The molecule has 2 rings (SSSR count). The van der Waals surface area contributed by atoms with Gasteiger partial charge in [0.25, 0.3) is 0 Å². The van der Waals surface area contributed by atoms with E-state index < -0.39 is 0 Å². The van der Waals surface area contributed by atoms with Gasteiger partial charge in [-0.3, -0.25) is 0 Å². The van der Waals surface area contributed by atoms with Crippen LogP contribution >= 0.6 is 22.7 Å². The van der Waals surface area contributed by atoms with E-state index in [0.29, 0.717) is 6.54 Å². The zero-order valence-electron chi connectivity index (χ0n) is 9.77. The number of aryl methyl sites for hydroxylation is 1. The van der Waals surface area contributed by atoms with Crippen molar-refractivity contribution in [1.29, 1.82) is 0 Å². The van der Waals surface area contributed by atoms with Crippen LogP contribution in [0.5, 0.6) is 0 Å². The summed E-state index contributed by atoms with van der Waals surface area (Å²) in [6, 6.07) is 0. The molecule has 0 atom stereocenters. The zero-order chi connectivity index (χ0) is 12.1. The molecular formula is C11H16N4S2. The van der Waals surface area contributed by atoms with Crippen LogP contribution in [0.3, 0.4) is 0 Å². The molecule has 0 aromatic carbocycles. The summed E-state index contributed by atoms with van der Waals surface area (Å²) in [5.74, 6) is 0. The Balaban J connectivity index is 1.69. The van der Waals surface area contributed by atoms with E-state index in [1.807, 2.05) is 6.92 Å². The highest BCUT2D eigenvalue weighted by Crippen LogP contribution is 2.10. The van der Waals surface area contributed by atoms with Crippen molar-refractivity contribution in [3.05, 3.63) is 32.2 Å². The van der Waals surface area contributed by atoms with Crippen molar-refractivity contribution >= 4 is 22.7 Å². The Kier molecular flexibility index (Phi) is 4.61. The molecule has 0 spiro atoms. The number of nitrogens with zero attached hydrogens (tertiary/aromatic N) is 2. The largest absolute Gasteiger partial charge is 0.325 e. The molecule has 2 heterocycles. The maximum Gasteiger partial charge on any atom is 0.106 e. The third-order valence-corrected chi connectivity index (χ3v) is 4.21. The molecule has 0 radical (unpaired) electrons. The molecule has 2 aromatic heterocycles. The van der Waals surface area contributed by atoms with Crippen LogP contribution < -0.4 is 11.1 Å². The topological polar surface area (TPSA) is 63.8 Å². The van der Waals surface area contributed by atoms with Crippen molar-refractivity contribution < 1.29 is 0 Å². The number of aromatic nitrogens is 2. The maximum atomic E-state index is 5.52. The summed E-state index contributed by atoms with van der Waals surface area (Å²) in [5, 5.41) is 9.70. The molecule has 0 aliphatic heterocycles. The van der Waals surface area contributed by atoms with Crippen molar-refractivity contribution in [2.75, 3.05) is 6.54 Å². The first-order chi connectivity index (χ1) is 8.28. The molecule has 4 nitrogen and oxygen atoms in total. The first-order valence-corrected chi connectivity index (χ1v) is 7.29. The lowest BCUT2D eigenvalue weighted by molar-refractivity contribution is 0.674. The molecule has 6 heteroatoms. The molecule has 0 bridgehead atoms. The van der Waals surface area contributed by atoms with Crippen LogP contribution in [-0.4, -0.2) is 16.5 Å². The van der Waals surface area contributed by atoms with Gasteiger partial charge in [-0.25, -0.2) is 9.97 Å². The van der Waals surface area contributed by atoms with Crippen LogP contribution in [0, 0.1) is 6.92 Å². The summed E-state index contributed by atoms with van der Waals surface area (Å²) < 4.78 is 0. The molecule has 92 valence electrons. The fourth-order valence-electron chi connectivity index (χ4n) is 1.45. The average molecular weight is 268 g/mol. The van der Waals surface area contributed by atoms with Gasteiger partial charge in [0.1, 0.15) is 5.01 Å². The van der Waals surface area contributed by atoms with Gasteiger partial charge in [-0.15, -0.1) is 22.7 Å². The van der Waals surface area contributed by atoms with Crippen LogP contribution in [0.2, 0.25) is 0 Å². The highest BCUT2D eigenvalue weighted by molar-refractivity contribution is 7.09. The highest BCUT2D eigenvalue weighted by Gasteiger charge is 2.01. The number of rotatable bonds is 6. The molecule has 17 heavy (non-hydrogen) atoms. The van der Waals surface area contributed by atoms with Crippen molar-refractivity contribution in [3.8, 4) is 0 Å². The second-order valence-electron chi connectivity index (χ2n) is 3.75. The number of hydrogen-bond acceptors (Lipinski definition) is 6. The zero-order valence-corrected chi connectivity index (χ0v) is 11.4. The fraction of sp³-hybridized carbons (Fsp3) is 0.455. The second-order valence-corrected chi connectivity index (χ2v) is 5.63. The van der Waals surface area contributed by atoms with Gasteiger partial charge in [0.05, 0.1) is 10.7 Å². The monoisotopic (exact) mass is 268 g/mol. The van der Waals surface area contributed by atoms with Crippen LogP contribution in [-0.2, 0) is 19.5 Å². The highest BCUT2D eigenvalue weighted by atomic mass is 32.1. The summed E-state index contributed by atoms with van der Waals surface area (Å²) in [6.45, 7) is 4.30. The third kappa shape index (κ3) is 3.85. The van der Waals surface area contributed by atoms with E-state index >= 15 is 0 Å². The molecule has 0 saturated carbocycles. The Hall–Kier alpha value is -0.820. The van der Waals surface area contributed by atoms with Crippen molar-refractivity contribution in [2.45, 2.75) is 26.4 Å². The lowest BCUT2D eigenvalue weighted by Gasteiger charge is -2.00. The standard InChI is InChI=1S/C11H16N4S2/c1-8-6-16-10(14-8)2-3-13-5-9-7-17-11(4-12)15-9/h6-7,13H,2-5,12H2,1H3. The third-order valence-electron chi connectivity index (χ3n) is 2.26. The smallest absolute Gasteiger partial charge is 0.106 e. The van der Waals surface area contributed by atoms with E-state index in [1.165, 1.54) is 5.01 Å². The summed E-state index contributed by atoms with van der Waals surface area (Å²) in [7, 11) is 0. The van der Waals surface area contributed by atoms with Gasteiger partial charge in [0.15, 0.2) is 0 Å². The van der Waals surface area contributed by atoms with Crippen molar-refractivity contribution in [1.82, 2.24) is 15.3 Å². The van der Waals surface area contributed by atoms with Crippen LogP contribution in [0.25, 0.3) is 0 Å². The summed E-state index contributed by atoms with van der Waals surface area (Å²) in [6.07, 6.45) is 0.979. The van der Waals surface area contributed by atoms with E-state index in [9.17, 15) is 0 Å². The lowest BCUT2D eigenvalue weighted by Crippen LogP contribution is -2.17. The number of nitrogens with two attached hydrogens (primary N) is 1. The Labute approximate surface area is 109 Å². The lowest BCUT2D eigenvalue weighted by atomic mass is 10.4. The summed E-state index contributed by atoms with van der Waals surface area (Å²) in [5.41, 5.74) is 7.70. The number of nitrogens with one attached hydrogen (secondary N) is 1. The summed E-state index contributed by atoms with van der Waals surface area (Å²) >= 11 is 3.34. The number of hydrogen-bond donors (Lipinski definition) is 2. The molecule has 2 aromatic rings. The van der Waals surface area contributed by atoms with Gasteiger partial charge in [0.2, 0.25) is 0 Å². The summed E-state index contributed by atoms with van der Waals surface area (Å²) in [4.78, 5) is 8.82. The average Bonchev–Trinajstić information content (AvgIpc) is 2.93. The predicted molar refractivity (Wildman–Crippen MR) is 72.3 cm³/mol. The Morgan fingerprint density at radius 1 is 1.24 bits per heavy atom. The van der Waals surface area contributed by atoms with Crippen LogP contribution in [0.4, 0.5) is 0 Å². The first kappa shape index (κ1) is 12.6. The second kappa shape index (κ2) is 6.20. The first-order valence-electron chi connectivity index (χ1n) is 5.53. The quantitative estimate of drug-likeness (QED) is 0.783. The van der Waals surface area contributed by atoms with E-state index in [0.717, 1.165) is 35.9 Å². The molecule has 3 N–H and O–H groups in total. The van der Waals surface area contributed by atoms with Crippen molar-refractivity contribution in [3.63, 3.8) is 0 Å². The van der Waals surface area contributed by atoms with E-state index in [2.05, 4.69) is 26.0 Å². The van der Waals surface area contributed by atoms with Gasteiger partial charge >= 0.3 is 0 Å². The normalized spacial score (nSPS) is 10.9. The minimum atomic E-state index is 0.531. The minimum absolute atomic E-state index is 0.531. The molecule has 0 saturated heterocycles. The molecule has 0 aliphatic rings. The Morgan fingerprint density at radius 3 is 2.71 bits per heavy atom. The van der Waals surface area contributed by atoms with Gasteiger partial charge in [-0.05, 0) is 6.92 Å². The molecule has 0 aliphatic carbocycles. The SMILES string of the molecule is Cc1csc(CCNCc2csc(CN)n2)n1. The molecular weight excluding hydrogens is 252 g/mol. The van der Waals surface area contributed by atoms with Gasteiger partial charge in [-0.2, -0.15) is 0 Å². The van der Waals surface area contributed by atoms with Gasteiger partial charge in [-0.1, -0.05) is 0 Å². The van der Waals surface area contributed by atoms with Gasteiger partial charge in [0, 0.05) is 42.5 Å². The Bertz CT molecular complexity index is 463.